The van der Waals surface area contributed by atoms with Gasteiger partial charge in [-0.3, -0.25) is 0 Å². The molecule has 0 aliphatic carbocycles. The van der Waals surface area contributed by atoms with Gasteiger partial charge in [0.1, 0.15) is 11.6 Å². The summed E-state index contributed by atoms with van der Waals surface area (Å²) in [5.74, 6) is 1.78. The van der Waals surface area contributed by atoms with E-state index in [2.05, 4.69) is 25.7 Å². The lowest BCUT2D eigenvalue weighted by atomic mass is 10.1. The molecule has 3 N–H and O–H groups in total. The van der Waals surface area contributed by atoms with Crippen LogP contribution in [-0.2, 0) is 0 Å². The minimum absolute atomic E-state index is 0.0508. The monoisotopic (exact) mass is 466 g/mol. The molecule has 31 heavy (non-hydrogen) atoms. The molecule has 10 heteroatoms. The fraction of sp³-hybridized carbons (Fsp3) is 0.476. The molecular formula is C21H28Cl2N6O2. The summed E-state index contributed by atoms with van der Waals surface area (Å²) in [7, 11) is 0. The number of anilines is 1. The van der Waals surface area contributed by atoms with Crippen LogP contribution < -0.4 is 15.4 Å². The fourth-order valence-electron chi connectivity index (χ4n) is 3.22. The normalized spacial score (nSPS) is 11.9. The maximum atomic E-state index is 9.37. The molecule has 0 saturated heterocycles. The molecule has 0 aliphatic heterocycles. The first-order valence-electron chi connectivity index (χ1n) is 10.1. The SMILES string of the molecule is CCOc1cc(Cl)c(-c2c(C)nn3c(NCCNC(C)(C)CO)nc(C)nc23)c(Cl)c1. The van der Waals surface area contributed by atoms with Gasteiger partial charge in [0.05, 0.1) is 34.5 Å². The van der Waals surface area contributed by atoms with Gasteiger partial charge in [0.25, 0.3) is 0 Å². The van der Waals surface area contributed by atoms with E-state index in [1.54, 1.807) is 16.6 Å². The summed E-state index contributed by atoms with van der Waals surface area (Å²) in [5.41, 5.74) is 2.41. The maximum Gasteiger partial charge on any atom is 0.227 e. The van der Waals surface area contributed by atoms with E-state index in [-0.39, 0.29) is 12.1 Å². The molecule has 0 spiro atoms. The van der Waals surface area contributed by atoms with Crippen LogP contribution in [0.15, 0.2) is 12.1 Å². The van der Waals surface area contributed by atoms with Crippen LogP contribution in [0, 0.1) is 13.8 Å². The average molecular weight is 467 g/mol. The number of aliphatic hydroxyl groups is 1. The van der Waals surface area contributed by atoms with Crippen LogP contribution in [0.25, 0.3) is 16.8 Å². The second kappa shape index (κ2) is 9.56. The van der Waals surface area contributed by atoms with Crippen molar-refractivity contribution in [1.82, 2.24) is 24.9 Å². The lowest BCUT2D eigenvalue weighted by molar-refractivity contribution is 0.190. The number of fused-ring (bicyclic) bond motifs is 1. The van der Waals surface area contributed by atoms with Gasteiger partial charge in [-0.05, 0) is 46.8 Å². The second-order valence-electron chi connectivity index (χ2n) is 7.88. The molecule has 0 aliphatic rings. The number of benzene rings is 1. The number of nitrogens with zero attached hydrogens (tertiary/aromatic N) is 4. The fourth-order valence-corrected chi connectivity index (χ4v) is 3.88. The summed E-state index contributed by atoms with van der Waals surface area (Å²) in [5, 5.41) is 21.5. The Balaban J connectivity index is 1.98. The molecule has 168 valence electrons. The molecule has 2 aromatic heterocycles. The van der Waals surface area contributed by atoms with Gasteiger partial charge in [-0.25, -0.2) is 4.98 Å². The van der Waals surface area contributed by atoms with Gasteiger partial charge in [-0.2, -0.15) is 14.6 Å². The first kappa shape index (κ1) is 23.5. The molecule has 0 unspecified atom stereocenters. The Morgan fingerprint density at radius 3 is 2.39 bits per heavy atom. The van der Waals surface area contributed by atoms with Crippen LogP contribution in [-0.4, -0.2) is 56.5 Å². The van der Waals surface area contributed by atoms with Crippen molar-refractivity contribution < 1.29 is 9.84 Å². The third-order valence-electron chi connectivity index (χ3n) is 4.76. The van der Waals surface area contributed by atoms with Crippen molar-refractivity contribution in [3.05, 3.63) is 33.7 Å². The van der Waals surface area contributed by atoms with E-state index >= 15 is 0 Å². The summed E-state index contributed by atoms with van der Waals surface area (Å²) < 4.78 is 7.20. The van der Waals surface area contributed by atoms with Gasteiger partial charge in [-0.1, -0.05) is 23.2 Å². The number of aliphatic hydroxyl groups excluding tert-OH is 1. The zero-order chi connectivity index (χ0) is 22.8. The zero-order valence-electron chi connectivity index (χ0n) is 18.4. The molecular weight excluding hydrogens is 439 g/mol. The molecule has 0 fully saturated rings. The lowest BCUT2D eigenvalue weighted by Gasteiger charge is -2.23. The van der Waals surface area contributed by atoms with Crippen LogP contribution in [0.4, 0.5) is 5.95 Å². The number of hydrogen-bond acceptors (Lipinski definition) is 7. The highest BCUT2D eigenvalue weighted by molar-refractivity contribution is 6.39. The number of hydrogen-bond donors (Lipinski definition) is 3. The topological polar surface area (TPSA) is 96.6 Å². The van der Waals surface area contributed by atoms with Crippen LogP contribution in [0.2, 0.25) is 10.0 Å². The molecule has 1 aromatic carbocycles. The Bertz CT molecular complexity index is 1060. The van der Waals surface area contributed by atoms with Crippen molar-refractivity contribution in [2.45, 2.75) is 40.2 Å². The highest BCUT2D eigenvalue weighted by Crippen LogP contribution is 2.41. The van der Waals surface area contributed by atoms with Crippen molar-refractivity contribution in [2.75, 3.05) is 31.6 Å². The molecule has 0 amide bonds. The Kier molecular flexibility index (Phi) is 7.26. The Morgan fingerprint density at radius 2 is 1.77 bits per heavy atom. The number of ether oxygens (including phenoxy) is 1. The zero-order valence-corrected chi connectivity index (χ0v) is 19.9. The highest BCUT2D eigenvalue weighted by Gasteiger charge is 2.22. The van der Waals surface area contributed by atoms with Gasteiger partial charge in [-0.15, -0.1) is 0 Å². The van der Waals surface area contributed by atoms with E-state index in [9.17, 15) is 5.11 Å². The molecule has 8 nitrogen and oxygen atoms in total. The summed E-state index contributed by atoms with van der Waals surface area (Å²) in [4.78, 5) is 9.11. The molecule has 3 aromatic rings. The molecule has 0 saturated carbocycles. The minimum atomic E-state index is -0.352. The predicted octanol–water partition coefficient (Wildman–Crippen LogP) is 3.89. The minimum Gasteiger partial charge on any atom is -0.494 e. The summed E-state index contributed by atoms with van der Waals surface area (Å²) >= 11 is 13.2. The molecule has 0 bridgehead atoms. The van der Waals surface area contributed by atoms with Crippen LogP contribution in [0.1, 0.15) is 32.3 Å². The highest BCUT2D eigenvalue weighted by atomic mass is 35.5. The van der Waals surface area contributed by atoms with Gasteiger partial charge < -0.3 is 20.5 Å². The summed E-state index contributed by atoms with van der Waals surface area (Å²) in [6.07, 6.45) is 0. The van der Waals surface area contributed by atoms with E-state index in [1.807, 2.05) is 34.6 Å². The van der Waals surface area contributed by atoms with Gasteiger partial charge in [0.15, 0.2) is 5.65 Å². The summed E-state index contributed by atoms with van der Waals surface area (Å²) in [6.45, 7) is 11.3. The average Bonchev–Trinajstić information content (AvgIpc) is 3.01. The maximum absolute atomic E-state index is 9.37. The Hall–Kier alpha value is -2.13. The first-order valence-corrected chi connectivity index (χ1v) is 10.9. The van der Waals surface area contributed by atoms with Crippen LogP contribution in [0.5, 0.6) is 5.75 Å². The quantitative estimate of drug-likeness (QED) is 0.411. The number of halogens is 2. The number of nitrogens with one attached hydrogen (secondary N) is 2. The molecule has 0 atom stereocenters. The van der Waals surface area contributed by atoms with Crippen LogP contribution >= 0.6 is 23.2 Å². The molecule has 3 rings (SSSR count). The molecule has 0 radical (unpaired) electrons. The number of rotatable bonds is 9. The van der Waals surface area contributed by atoms with Crippen molar-refractivity contribution in [3.63, 3.8) is 0 Å². The Labute approximate surface area is 191 Å². The first-order chi connectivity index (χ1) is 14.7. The van der Waals surface area contributed by atoms with E-state index in [4.69, 9.17) is 27.9 Å². The Morgan fingerprint density at radius 1 is 1.10 bits per heavy atom. The van der Waals surface area contributed by atoms with E-state index < -0.39 is 0 Å². The van der Waals surface area contributed by atoms with Gasteiger partial charge >= 0.3 is 0 Å². The van der Waals surface area contributed by atoms with Gasteiger partial charge in [0.2, 0.25) is 5.95 Å². The standard InChI is InChI=1S/C21H28Cl2N6O2/c1-6-31-14-9-15(22)18(16(23)10-14)17-12(2)28-29-19(17)26-13(3)27-20(29)24-7-8-25-21(4,5)11-30/h9-10,25,30H,6-8,11H2,1-5H3,(H,24,26,27). The van der Waals surface area contributed by atoms with E-state index in [0.717, 1.165) is 11.3 Å². The lowest BCUT2D eigenvalue weighted by Crippen LogP contribution is -2.44. The molecule has 2 heterocycles. The van der Waals surface area contributed by atoms with Crippen molar-refractivity contribution >= 4 is 34.8 Å². The number of aromatic nitrogens is 4. The second-order valence-corrected chi connectivity index (χ2v) is 8.70. The number of aryl methyl sites for hydroxylation is 2. The third kappa shape index (κ3) is 5.20. The third-order valence-corrected chi connectivity index (χ3v) is 5.35. The van der Waals surface area contributed by atoms with Crippen molar-refractivity contribution in [2.24, 2.45) is 0 Å². The van der Waals surface area contributed by atoms with Gasteiger partial charge in [0, 0.05) is 24.2 Å². The van der Waals surface area contributed by atoms with Crippen LogP contribution in [0.3, 0.4) is 0 Å². The summed E-state index contributed by atoms with van der Waals surface area (Å²) in [6, 6.07) is 3.49. The smallest absolute Gasteiger partial charge is 0.227 e. The predicted molar refractivity (Wildman–Crippen MR) is 125 cm³/mol. The van der Waals surface area contributed by atoms with E-state index in [0.29, 0.717) is 58.5 Å². The van der Waals surface area contributed by atoms with Crippen molar-refractivity contribution in [1.29, 1.82) is 0 Å². The largest absolute Gasteiger partial charge is 0.494 e. The van der Waals surface area contributed by atoms with Crippen molar-refractivity contribution in [3.8, 4) is 16.9 Å². The van der Waals surface area contributed by atoms with E-state index in [1.165, 1.54) is 0 Å².